The molecule has 0 N–H and O–H groups in total. The SMILES string of the molecule is O=C1/C(=C/c2cccc(F)c2)SC(=S)N1c1ccccc1Cl. The first-order chi connectivity index (χ1) is 10.6. The third-order valence-electron chi connectivity index (χ3n) is 3.03. The van der Waals surface area contributed by atoms with Gasteiger partial charge in [0, 0.05) is 0 Å². The fourth-order valence-electron chi connectivity index (χ4n) is 2.06. The molecule has 0 aromatic heterocycles. The molecule has 0 bridgehead atoms. The fourth-order valence-corrected chi connectivity index (χ4v) is 3.56. The summed E-state index contributed by atoms with van der Waals surface area (Å²) in [7, 11) is 0. The van der Waals surface area contributed by atoms with Crippen LogP contribution in [0.3, 0.4) is 0 Å². The molecule has 0 atom stereocenters. The van der Waals surface area contributed by atoms with Crippen LogP contribution in [0.4, 0.5) is 10.1 Å². The topological polar surface area (TPSA) is 20.3 Å². The quantitative estimate of drug-likeness (QED) is 0.569. The third kappa shape index (κ3) is 2.92. The number of nitrogens with zero attached hydrogens (tertiary/aromatic N) is 1. The Hall–Kier alpha value is -1.69. The summed E-state index contributed by atoms with van der Waals surface area (Å²) in [4.78, 5) is 14.4. The number of hydrogen-bond acceptors (Lipinski definition) is 3. The smallest absolute Gasteiger partial charge is 0.268 e. The average Bonchev–Trinajstić information content (AvgIpc) is 2.74. The molecule has 110 valence electrons. The number of benzene rings is 2. The Morgan fingerprint density at radius 2 is 1.95 bits per heavy atom. The molecule has 1 heterocycles. The minimum Gasteiger partial charge on any atom is -0.268 e. The zero-order valence-corrected chi connectivity index (χ0v) is 13.5. The van der Waals surface area contributed by atoms with Crippen LogP contribution in [-0.4, -0.2) is 10.2 Å². The van der Waals surface area contributed by atoms with Crippen LogP contribution in [0, 0.1) is 5.82 Å². The molecule has 1 fully saturated rings. The van der Waals surface area contributed by atoms with E-state index in [1.165, 1.54) is 28.8 Å². The second kappa shape index (κ2) is 6.20. The van der Waals surface area contributed by atoms with Crippen LogP contribution in [-0.2, 0) is 4.79 Å². The maximum atomic E-state index is 13.2. The normalized spacial score (nSPS) is 16.6. The van der Waals surface area contributed by atoms with Gasteiger partial charge < -0.3 is 0 Å². The number of thiocarbonyl (C=S) groups is 1. The van der Waals surface area contributed by atoms with Crippen molar-refractivity contribution in [2.24, 2.45) is 0 Å². The van der Waals surface area contributed by atoms with Crippen molar-refractivity contribution in [2.45, 2.75) is 0 Å². The van der Waals surface area contributed by atoms with Crippen LogP contribution in [0.15, 0.2) is 53.4 Å². The number of para-hydroxylation sites is 1. The Bertz CT molecular complexity index is 806. The maximum Gasteiger partial charge on any atom is 0.270 e. The van der Waals surface area contributed by atoms with Crippen LogP contribution in [0.5, 0.6) is 0 Å². The molecule has 3 rings (SSSR count). The highest BCUT2D eigenvalue weighted by molar-refractivity contribution is 8.27. The summed E-state index contributed by atoms with van der Waals surface area (Å²) in [5, 5.41) is 0.450. The van der Waals surface area contributed by atoms with Crippen LogP contribution < -0.4 is 4.90 Å². The van der Waals surface area contributed by atoms with Crippen molar-refractivity contribution >= 4 is 57.6 Å². The summed E-state index contributed by atoms with van der Waals surface area (Å²) in [5.74, 6) is -0.609. The van der Waals surface area contributed by atoms with Gasteiger partial charge in [0.15, 0.2) is 4.32 Å². The lowest BCUT2D eigenvalue weighted by atomic mass is 10.2. The highest BCUT2D eigenvalue weighted by Gasteiger charge is 2.34. The summed E-state index contributed by atoms with van der Waals surface area (Å²) in [5.41, 5.74) is 1.16. The van der Waals surface area contributed by atoms with Gasteiger partial charge in [-0.15, -0.1) is 0 Å². The van der Waals surface area contributed by atoms with Gasteiger partial charge in [-0.05, 0) is 35.9 Å². The highest BCUT2D eigenvalue weighted by Crippen LogP contribution is 2.38. The van der Waals surface area contributed by atoms with E-state index in [1.807, 2.05) is 0 Å². The van der Waals surface area contributed by atoms with E-state index in [0.29, 0.717) is 25.5 Å². The summed E-state index contributed by atoms with van der Waals surface area (Å²) < 4.78 is 13.6. The summed E-state index contributed by atoms with van der Waals surface area (Å²) >= 11 is 12.6. The number of thioether (sulfide) groups is 1. The van der Waals surface area contributed by atoms with Gasteiger partial charge in [-0.1, -0.05) is 59.8 Å². The summed E-state index contributed by atoms with van der Waals surface area (Å²) in [6, 6.07) is 13.0. The molecule has 1 aliphatic rings. The Morgan fingerprint density at radius 3 is 2.68 bits per heavy atom. The van der Waals surface area contributed by atoms with Crippen LogP contribution in [0.1, 0.15) is 5.56 Å². The predicted molar refractivity (Wildman–Crippen MR) is 93.5 cm³/mol. The van der Waals surface area contributed by atoms with Gasteiger partial charge in [0.2, 0.25) is 0 Å². The molecule has 1 aliphatic heterocycles. The molecule has 0 spiro atoms. The minimum atomic E-state index is -0.352. The molecule has 2 aromatic rings. The molecule has 22 heavy (non-hydrogen) atoms. The number of carbonyl (C=O) groups excluding carboxylic acids is 1. The zero-order chi connectivity index (χ0) is 15.7. The largest absolute Gasteiger partial charge is 0.270 e. The Kier molecular flexibility index (Phi) is 4.29. The van der Waals surface area contributed by atoms with E-state index in [0.717, 1.165) is 0 Å². The number of amides is 1. The first-order valence-electron chi connectivity index (χ1n) is 6.34. The van der Waals surface area contributed by atoms with Crippen molar-refractivity contribution in [3.8, 4) is 0 Å². The minimum absolute atomic E-state index is 0.257. The average molecular weight is 350 g/mol. The van der Waals surface area contributed by atoms with Crippen molar-refractivity contribution in [3.05, 3.63) is 69.8 Å². The third-order valence-corrected chi connectivity index (χ3v) is 4.66. The van der Waals surface area contributed by atoms with Crippen molar-refractivity contribution in [3.63, 3.8) is 0 Å². The molecule has 0 radical (unpaired) electrons. The lowest BCUT2D eigenvalue weighted by Crippen LogP contribution is -2.27. The Labute approximate surface area is 141 Å². The molecule has 0 saturated carbocycles. The van der Waals surface area contributed by atoms with Crippen molar-refractivity contribution in [1.82, 2.24) is 0 Å². The number of hydrogen-bond donors (Lipinski definition) is 0. The van der Waals surface area contributed by atoms with Gasteiger partial charge in [0.1, 0.15) is 5.82 Å². The number of rotatable bonds is 2. The molecule has 2 nitrogen and oxygen atoms in total. The number of carbonyl (C=O) groups is 1. The molecule has 0 unspecified atom stereocenters. The van der Waals surface area contributed by atoms with Crippen molar-refractivity contribution in [1.29, 1.82) is 0 Å². The molecule has 1 saturated heterocycles. The lowest BCUT2D eigenvalue weighted by Gasteiger charge is -2.15. The maximum absolute atomic E-state index is 13.2. The fraction of sp³-hybridized carbons (Fsp3) is 0. The predicted octanol–water partition coefficient (Wildman–Crippen LogP) is 4.88. The summed E-state index contributed by atoms with van der Waals surface area (Å²) in [6.45, 7) is 0. The Balaban J connectivity index is 1.97. The first kappa shape index (κ1) is 15.2. The highest BCUT2D eigenvalue weighted by atomic mass is 35.5. The second-order valence-electron chi connectivity index (χ2n) is 4.52. The zero-order valence-electron chi connectivity index (χ0n) is 11.1. The van der Waals surface area contributed by atoms with E-state index in [9.17, 15) is 9.18 Å². The molecule has 2 aromatic carbocycles. The van der Waals surface area contributed by atoms with Gasteiger partial charge in [0.25, 0.3) is 5.91 Å². The Morgan fingerprint density at radius 1 is 1.18 bits per heavy atom. The van der Waals surface area contributed by atoms with Crippen LogP contribution >= 0.6 is 35.6 Å². The van der Waals surface area contributed by atoms with Gasteiger partial charge in [0.05, 0.1) is 15.6 Å². The van der Waals surface area contributed by atoms with E-state index >= 15 is 0 Å². The molecule has 1 amide bonds. The van der Waals surface area contributed by atoms with Gasteiger partial charge in [-0.2, -0.15) is 0 Å². The van der Waals surface area contributed by atoms with Crippen molar-refractivity contribution in [2.75, 3.05) is 4.90 Å². The second-order valence-corrected chi connectivity index (χ2v) is 6.61. The van der Waals surface area contributed by atoms with Gasteiger partial charge in [-0.3, -0.25) is 9.69 Å². The van der Waals surface area contributed by atoms with Crippen LogP contribution in [0.25, 0.3) is 6.08 Å². The van der Waals surface area contributed by atoms with E-state index in [-0.39, 0.29) is 11.7 Å². The summed E-state index contributed by atoms with van der Waals surface area (Å²) in [6.07, 6.45) is 1.62. The van der Waals surface area contributed by atoms with Gasteiger partial charge >= 0.3 is 0 Å². The van der Waals surface area contributed by atoms with E-state index in [4.69, 9.17) is 23.8 Å². The van der Waals surface area contributed by atoms with E-state index in [1.54, 1.807) is 42.5 Å². The van der Waals surface area contributed by atoms with Crippen molar-refractivity contribution < 1.29 is 9.18 Å². The molecular weight excluding hydrogens is 341 g/mol. The number of halogens is 2. The van der Waals surface area contributed by atoms with Crippen LogP contribution in [0.2, 0.25) is 5.02 Å². The molecule has 6 heteroatoms. The number of anilines is 1. The van der Waals surface area contributed by atoms with E-state index < -0.39 is 0 Å². The standard InChI is InChI=1S/C16H9ClFNOS2/c17-12-6-1-2-7-13(12)19-15(20)14(22-16(19)21)9-10-4-3-5-11(18)8-10/h1-9H/b14-9-. The lowest BCUT2D eigenvalue weighted by molar-refractivity contribution is -0.113. The molecular formula is C16H9ClFNOS2. The molecule has 0 aliphatic carbocycles. The monoisotopic (exact) mass is 349 g/mol. The van der Waals surface area contributed by atoms with E-state index in [2.05, 4.69) is 0 Å². The first-order valence-corrected chi connectivity index (χ1v) is 7.94. The van der Waals surface area contributed by atoms with Gasteiger partial charge in [-0.25, -0.2) is 4.39 Å².